The molecule has 0 aromatic carbocycles. The second-order valence-electron chi connectivity index (χ2n) is 24.7. The van der Waals surface area contributed by atoms with E-state index in [1.54, 1.807) is 0 Å². The summed E-state index contributed by atoms with van der Waals surface area (Å²) in [5.41, 5.74) is -1.24. The van der Waals surface area contributed by atoms with Gasteiger partial charge in [-0.2, -0.15) is 0 Å². The van der Waals surface area contributed by atoms with Gasteiger partial charge in [0.2, 0.25) is 5.91 Å². The summed E-state index contributed by atoms with van der Waals surface area (Å²) in [6, 6.07) is 0.417. The number of ether oxygens (including phenoxy) is 1. The topological polar surface area (TPSA) is 107 Å². The molecular weight excluding hydrogens is 725 g/mol. The second-order valence-corrected chi connectivity index (χ2v) is 24.7. The number of likely N-dealkylation sites (tertiary alicyclic amines) is 2. The molecule has 0 aromatic heterocycles. The van der Waals surface area contributed by atoms with Crippen LogP contribution in [0, 0.1) is 79.8 Å². The number of aliphatic carboxylic acids is 1. The third kappa shape index (κ3) is 6.09. The maximum absolute atomic E-state index is 15.5. The summed E-state index contributed by atoms with van der Waals surface area (Å²) < 4.78 is 6.48. The lowest BCUT2D eigenvalue weighted by molar-refractivity contribution is -0.252. The highest BCUT2D eigenvalue weighted by Gasteiger charge is 2.73. The fraction of sp³-hybridized carbons (Fsp3) is 0.940. The van der Waals surface area contributed by atoms with Crippen molar-refractivity contribution in [1.82, 2.24) is 9.80 Å². The number of aliphatic hydroxyl groups is 1. The average Bonchev–Trinajstić information content (AvgIpc) is 3.88. The fourth-order valence-electron chi connectivity index (χ4n) is 17.6. The van der Waals surface area contributed by atoms with Crippen LogP contribution in [0.15, 0.2) is 0 Å². The maximum atomic E-state index is 15.5. The standard InChI is InChI=1S/C50H82N2O6/c1-30(2)32-18-23-50(43(56)52-27-12-14-31(52)29-51-26-13-15-38(51)46(7,8)57)25-24-48(10)33(40(32)50)16-17-37-47(9)21-20-39(45(5,6)36(47)19-22-49(37,48)11)58-42(55)35-28-34(41(53)54)44(35,3)4/h30-40,57H,12-29H2,1-11H3,(H,53,54)/t31-,32-,33+,34-,35+,36-,37+,38-,39-,40+,47-,48+,49+,50-/m0/s1. The average molecular weight is 807 g/mol. The van der Waals surface area contributed by atoms with Gasteiger partial charge in [0.1, 0.15) is 6.10 Å². The van der Waals surface area contributed by atoms with E-state index in [4.69, 9.17) is 4.74 Å². The van der Waals surface area contributed by atoms with Gasteiger partial charge in [-0.15, -0.1) is 0 Å². The molecule has 0 unspecified atom stereocenters. The first-order valence-corrected chi connectivity index (χ1v) is 24.2. The zero-order chi connectivity index (χ0) is 42.2. The molecule has 0 spiro atoms. The highest BCUT2D eigenvalue weighted by atomic mass is 16.5. The van der Waals surface area contributed by atoms with E-state index in [0.717, 1.165) is 83.8 Å². The number of rotatable bonds is 8. The van der Waals surface area contributed by atoms with Crippen molar-refractivity contribution in [3.8, 4) is 0 Å². The molecule has 328 valence electrons. The monoisotopic (exact) mass is 807 g/mol. The normalized spacial score (nSPS) is 47.1. The molecule has 0 radical (unpaired) electrons. The van der Waals surface area contributed by atoms with Crippen LogP contribution in [-0.2, 0) is 19.1 Å². The van der Waals surface area contributed by atoms with Crippen molar-refractivity contribution in [2.24, 2.45) is 79.8 Å². The van der Waals surface area contributed by atoms with Gasteiger partial charge in [-0.1, -0.05) is 62.3 Å². The molecule has 8 rings (SSSR count). The predicted octanol–water partition coefficient (Wildman–Crippen LogP) is 9.61. The van der Waals surface area contributed by atoms with E-state index >= 15 is 4.79 Å². The summed E-state index contributed by atoms with van der Waals surface area (Å²) in [6.07, 6.45) is 15.7. The van der Waals surface area contributed by atoms with Crippen molar-refractivity contribution in [1.29, 1.82) is 0 Å². The quantitative estimate of drug-likeness (QED) is 0.235. The molecule has 0 bridgehead atoms. The number of hydrogen-bond donors (Lipinski definition) is 2. The van der Waals surface area contributed by atoms with Gasteiger partial charge in [0.05, 0.1) is 22.9 Å². The minimum atomic E-state index is -0.811. The van der Waals surface area contributed by atoms with Gasteiger partial charge in [0.15, 0.2) is 0 Å². The van der Waals surface area contributed by atoms with E-state index in [1.165, 1.54) is 25.7 Å². The van der Waals surface area contributed by atoms with Crippen LogP contribution < -0.4 is 0 Å². The van der Waals surface area contributed by atoms with Crippen molar-refractivity contribution in [3.63, 3.8) is 0 Å². The first-order chi connectivity index (χ1) is 26.9. The van der Waals surface area contributed by atoms with Crippen LogP contribution in [-0.4, -0.2) is 81.3 Å². The highest BCUT2D eigenvalue weighted by Crippen LogP contribution is 2.78. The lowest BCUT2D eigenvalue weighted by atomic mass is 9.32. The number of fused-ring (bicyclic) bond motifs is 7. The van der Waals surface area contributed by atoms with Crippen molar-refractivity contribution in [3.05, 3.63) is 0 Å². The molecular formula is C50H82N2O6. The van der Waals surface area contributed by atoms with Crippen LogP contribution in [0.5, 0.6) is 0 Å². The molecule has 8 nitrogen and oxygen atoms in total. The van der Waals surface area contributed by atoms with Gasteiger partial charge in [-0.3, -0.25) is 19.3 Å². The summed E-state index contributed by atoms with van der Waals surface area (Å²) in [6.45, 7) is 28.1. The van der Waals surface area contributed by atoms with Gasteiger partial charge >= 0.3 is 11.9 Å². The summed E-state index contributed by atoms with van der Waals surface area (Å²) in [5, 5.41) is 20.7. The summed E-state index contributed by atoms with van der Waals surface area (Å²) in [4.78, 5) is 45.9. The van der Waals surface area contributed by atoms with E-state index in [0.29, 0.717) is 47.8 Å². The van der Waals surface area contributed by atoms with E-state index in [1.807, 2.05) is 27.7 Å². The Hall–Kier alpha value is -1.67. The van der Waals surface area contributed by atoms with Gasteiger partial charge in [0.25, 0.3) is 0 Å². The smallest absolute Gasteiger partial charge is 0.309 e. The molecule has 6 saturated carbocycles. The number of carbonyl (C=O) groups is 3. The van der Waals surface area contributed by atoms with E-state index in [9.17, 15) is 19.8 Å². The zero-order valence-electron chi connectivity index (χ0n) is 38.5. The molecule has 1 amide bonds. The third-order valence-electron chi connectivity index (χ3n) is 21.1. The molecule has 2 saturated heterocycles. The van der Waals surface area contributed by atoms with Crippen molar-refractivity contribution in [2.75, 3.05) is 19.6 Å². The van der Waals surface area contributed by atoms with Gasteiger partial charge in [-0.05, 0) is 174 Å². The van der Waals surface area contributed by atoms with Crippen LogP contribution in [0.2, 0.25) is 0 Å². The van der Waals surface area contributed by atoms with Gasteiger partial charge < -0.3 is 19.8 Å². The lowest BCUT2D eigenvalue weighted by Crippen LogP contribution is -2.68. The second kappa shape index (κ2) is 14.2. The zero-order valence-corrected chi connectivity index (χ0v) is 38.5. The first kappa shape index (κ1) is 43.0. The van der Waals surface area contributed by atoms with Crippen LogP contribution in [0.1, 0.15) is 172 Å². The van der Waals surface area contributed by atoms with Gasteiger partial charge in [-0.25, -0.2) is 0 Å². The van der Waals surface area contributed by atoms with Crippen molar-refractivity contribution < 1.29 is 29.3 Å². The number of esters is 1. The Morgan fingerprint density at radius 2 is 1.47 bits per heavy atom. The molecule has 0 aromatic rings. The number of amides is 1. The number of carboxylic acid groups (broad SMARTS) is 1. The highest BCUT2D eigenvalue weighted by molar-refractivity contribution is 5.84. The number of hydrogen-bond acceptors (Lipinski definition) is 6. The van der Waals surface area contributed by atoms with E-state index in [-0.39, 0.29) is 57.1 Å². The molecule has 14 atom stereocenters. The van der Waals surface area contributed by atoms with Crippen molar-refractivity contribution in [2.45, 2.75) is 196 Å². The van der Waals surface area contributed by atoms with Crippen molar-refractivity contribution >= 4 is 17.8 Å². The van der Waals surface area contributed by atoms with E-state index < -0.39 is 22.9 Å². The Morgan fingerprint density at radius 3 is 2.12 bits per heavy atom. The summed E-state index contributed by atoms with van der Waals surface area (Å²) in [7, 11) is 0. The largest absolute Gasteiger partial charge is 0.481 e. The molecule has 58 heavy (non-hydrogen) atoms. The SMILES string of the molecule is CC(C)[C@@H]1CC[C@]2(C(=O)N3CCC[C@H]3CN3CCC[C@H]3C(C)(C)O)CC[C@]3(C)[C@H](CC[C@@H]4[C@@]5(C)CC[C@H](OC(=O)[C@H]6C[C@@H](C(=O)O)C6(C)C)C(C)(C)[C@@H]5CC[C@]43C)[C@@H]12. The Kier molecular flexibility index (Phi) is 10.5. The summed E-state index contributed by atoms with van der Waals surface area (Å²) >= 11 is 0. The van der Waals surface area contributed by atoms with Crippen LogP contribution in [0.25, 0.3) is 0 Å². The van der Waals surface area contributed by atoms with E-state index in [2.05, 4.69) is 58.3 Å². The molecule has 2 aliphatic heterocycles. The molecule has 6 aliphatic carbocycles. The molecule has 8 fully saturated rings. The first-order valence-electron chi connectivity index (χ1n) is 24.2. The molecule has 2 N–H and O–H groups in total. The molecule has 8 aliphatic rings. The number of carbonyl (C=O) groups excluding carboxylic acids is 2. The van der Waals surface area contributed by atoms with Gasteiger partial charge in [0, 0.05) is 30.6 Å². The number of carboxylic acids is 1. The molecule has 2 heterocycles. The Bertz CT molecular complexity index is 1630. The predicted molar refractivity (Wildman–Crippen MR) is 228 cm³/mol. The van der Waals surface area contributed by atoms with Crippen LogP contribution in [0.3, 0.4) is 0 Å². The van der Waals surface area contributed by atoms with Crippen LogP contribution in [0.4, 0.5) is 0 Å². The lowest BCUT2D eigenvalue weighted by Gasteiger charge is -2.73. The Balaban J connectivity index is 1.03. The fourth-order valence-corrected chi connectivity index (χ4v) is 17.6. The molecule has 8 heteroatoms. The Labute approximate surface area is 351 Å². The van der Waals surface area contributed by atoms with Crippen LogP contribution >= 0.6 is 0 Å². The Morgan fingerprint density at radius 1 is 0.759 bits per heavy atom. The minimum absolute atomic E-state index is 0.147. The maximum Gasteiger partial charge on any atom is 0.309 e. The minimum Gasteiger partial charge on any atom is -0.481 e. The third-order valence-corrected chi connectivity index (χ3v) is 21.1. The number of nitrogens with zero attached hydrogens (tertiary/aromatic N) is 2. The summed E-state index contributed by atoms with van der Waals surface area (Å²) in [5.74, 6) is 1.80.